The number of hydrogen-bond acceptors (Lipinski definition) is 4. The highest BCUT2D eigenvalue weighted by molar-refractivity contribution is 5.84. The van der Waals surface area contributed by atoms with Crippen LogP contribution in [0, 0.1) is 0 Å². The van der Waals surface area contributed by atoms with Gasteiger partial charge in [-0.05, 0) is 62.5 Å². The maximum Gasteiger partial charge on any atom is 0.305 e. The Labute approximate surface area is 174 Å². The van der Waals surface area contributed by atoms with Crippen LogP contribution in [-0.4, -0.2) is 37.6 Å². The first-order valence-electron chi connectivity index (χ1n) is 10.5. The molecule has 0 fully saturated rings. The molecular weight excluding hydrogens is 362 g/mol. The number of unbranched alkanes of at least 4 members (excludes halogenated alkanes) is 1. The third-order valence-corrected chi connectivity index (χ3v) is 5.20. The third-order valence-electron chi connectivity index (χ3n) is 5.20. The van der Waals surface area contributed by atoms with E-state index in [4.69, 9.17) is 9.47 Å². The number of benzene rings is 2. The number of para-hydroxylation sites is 1. The van der Waals surface area contributed by atoms with Gasteiger partial charge in [-0.3, -0.25) is 4.79 Å². The highest BCUT2D eigenvalue weighted by atomic mass is 16.5. The number of carbonyl (C=O) groups excluding carboxylic acids is 1. The normalized spacial score (nSPS) is 14.1. The Kier molecular flexibility index (Phi) is 7.88. The molecule has 0 aliphatic carbocycles. The van der Waals surface area contributed by atoms with Gasteiger partial charge in [0.1, 0.15) is 12.4 Å². The van der Waals surface area contributed by atoms with E-state index in [-0.39, 0.29) is 5.97 Å². The molecular formula is C25H31NO3. The van der Waals surface area contributed by atoms with Gasteiger partial charge in [0.15, 0.2) is 0 Å². The van der Waals surface area contributed by atoms with E-state index < -0.39 is 0 Å². The Hall–Kier alpha value is -2.59. The van der Waals surface area contributed by atoms with Gasteiger partial charge in [0, 0.05) is 18.5 Å². The predicted molar refractivity (Wildman–Crippen MR) is 117 cm³/mol. The molecule has 2 aromatic rings. The van der Waals surface area contributed by atoms with Gasteiger partial charge in [0.2, 0.25) is 0 Å². The van der Waals surface area contributed by atoms with Crippen molar-refractivity contribution in [2.75, 3.05) is 26.7 Å². The summed E-state index contributed by atoms with van der Waals surface area (Å²) in [4.78, 5) is 13.7. The molecule has 0 saturated heterocycles. The fraction of sp³-hybridized carbons (Fsp3) is 0.400. The molecule has 1 aliphatic rings. The van der Waals surface area contributed by atoms with Gasteiger partial charge in [-0.25, -0.2) is 0 Å². The van der Waals surface area contributed by atoms with Crippen molar-refractivity contribution in [2.45, 2.75) is 39.2 Å². The van der Waals surface area contributed by atoms with E-state index in [9.17, 15) is 4.79 Å². The minimum absolute atomic E-state index is 0.0900. The Morgan fingerprint density at radius 3 is 2.66 bits per heavy atom. The standard InChI is InChI=1S/C25H31NO3/c1-3-28-25(27)16-8-9-17-26(2)18-10-14-22-21-12-5-4-11-20(21)19-29-24-15-7-6-13-23(22)24/h4-7,11-15H,3,8-10,16-19H2,1-2H3/b22-14+. The first-order valence-corrected chi connectivity index (χ1v) is 10.5. The molecule has 4 heteroatoms. The monoisotopic (exact) mass is 393 g/mol. The Bertz CT molecular complexity index is 794. The van der Waals surface area contributed by atoms with Crippen molar-refractivity contribution in [1.82, 2.24) is 4.90 Å². The van der Waals surface area contributed by atoms with E-state index in [1.807, 2.05) is 19.1 Å². The van der Waals surface area contributed by atoms with E-state index in [1.165, 1.54) is 16.7 Å². The molecule has 0 amide bonds. The van der Waals surface area contributed by atoms with Crippen molar-refractivity contribution in [1.29, 1.82) is 0 Å². The van der Waals surface area contributed by atoms with Crippen LogP contribution >= 0.6 is 0 Å². The maximum absolute atomic E-state index is 11.4. The molecule has 0 saturated carbocycles. The molecule has 0 spiro atoms. The molecule has 4 nitrogen and oxygen atoms in total. The molecule has 1 aliphatic heterocycles. The van der Waals surface area contributed by atoms with Crippen LogP contribution < -0.4 is 4.74 Å². The minimum Gasteiger partial charge on any atom is -0.488 e. The van der Waals surface area contributed by atoms with Crippen molar-refractivity contribution in [3.63, 3.8) is 0 Å². The molecule has 0 radical (unpaired) electrons. The van der Waals surface area contributed by atoms with Gasteiger partial charge in [-0.15, -0.1) is 0 Å². The first-order chi connectivity index (χ1) is 14.2. The molecule has 2 aromatic carbocycles. The number of rotatable bonds is 9. The summed E-state index contributed by atoms with van der Waals surface area (Å²) in [5.41, 5.74) is 4.90. The highest BCUT2D eigenvalue weighted by Gasteiger charge is 2.18. The van der Waals surface area contributed by atoms with Gasteiger partial charge in [-0.1, -0.05) is 48.5 Å². The summed E-state index contributed by atoms with van der Waals surface area (Å²) in [6, 6.07) is 16.8. The molecule has 3 rings (SSSR count). The van der Waals surface area contributed by atoms with Gasteiger partial charge in [-0.2, -0.15) is 0 Å². The topological polar surface area (TPSA) is 38.8 Å². The average molecular weight is 394 g/mol. The number of ether oxygens (including phenoxy) is 2. The van der Waals surface area contributed by atoms with Gasteiger partial charge < -0.3 is 14.4 Å². The van der Waals surface area contributed by atoms with E-state index >= 15 is 0 Å². The van der Waals surface area contributed by atoms with Gasteiger partial charge in [0.05, 0.1) is 6.61 Å². The van der Waals surface area contributed by atoms with Crippen molar-refractivity contribution in [3.05, 3.63) is 71.3 Å². The molecule has 0 bridgehead atoms. The summed E-state index contributed by atoms with van der Waals surface area (Å²) in [5.74, 6) is 0.857. The summed E-state index contributed by atoms with van der Waals surface area (Å²) in [6.45, 7) is 4.87. The smallest absolute Gasteiger partial charge is 0.305 e. The van der Waals surface area contributed by atoms with Crippen molar-refractivity contribution < 1.29 is 14.3 Å². The lowest BCUT2D eigenvalue weighted by molar-refractivity contribution is -0.143. The van der Waals surface area contributed by atoms with Crippen molar-refractivity contribution in [2.24, 2.45) is 0 Å². The zero-order valence-electron chi connectivity index (χ0n) is 17.5. The molecule has 0 aromatic heterocycles. The SMILES string of the molecule is CCOC(=O)CCCCN(C)CC/C=C1\c2ccccc2COc2ccccc21. The van der Waals surface area contributed by atoms with Crippen LogP contribution in [0.3, 0.4) is 0 Å². The van der Waals surface area contributed by atoms with Crippen LogP contribution in [0.4, 0.5) is 0 Å². The molecule has 29 heavy (non-hydrogen) atoms. The van der Waals surface area contributed by atoms with Gasteiger partial charge in [0.25, 0.3) is 0 Å². The van der Waals surface area contributed by atoms with Crippen molar-refractivity contribution in [3.8, 4) is 5.75 Å². The summed E-state index contributed by atoms with van der Waals surface area (Å²) in [5, 5.41) is 0. The second-order valence-corrected chi connectivity index (χ2v) is 7.41. The molecule has 154 valence electrons. The fourth-order valence-corrected chi connectivity index (χ4v) is 3.67. The number of esters is 1. The van der Waals surface area contributed by atoms with E-state index in [2.05, 4.69) is 54.4 Å². The van der Waals surface area contributed by atoms with E-state index in [1.54, 1.807) is 0 Å². The third kappa shape index (κ3) is 5.94. The Morgan fingerprint density at radius 2 is 1.83 bits per heavy atom. The predicted octanol–water partition coefficient (Wildman–Crippen LogP) is 5.07. The van der Waals surface area contributed by atoms with E-state index in [0.717, 1.165) is 43.7 Å². The van der Waals surface area contributed by atoms with Crippen LogP contribution in [0.25, 0.3) is 5.57 Å². The zero-order chi connectivity index (χ0) is 20.5. The first kappa shape index (κ1) is 21.1. The van der Waals surface area contributed by atoms with Crippen LogP contribution in [0.5, 0.6) is 5.75 Å². The van der Waals surface area contributed by atoms with Gasteiger partial charge >= 0.3 is 5.97 Å². The minimum atomic E-state index is -0.0900. The summed E-state index contributed by atoms with van der Waals surface area (Å²) >= 11 is 0. The lowest BCUT2D eigenvalue weighted by Crippen LogP contribution is -2.20. The Morgan fingerprint density at radius 1 is 1.07 bits per heavy atom. The Balaban J connectivity index is 1.59. The fourth-order valence-electron chi connectivity index (χ4n) is 3.67. The number of fused-ring (bicyclic) bond motifs is 2. The second kappa shape index (κ2) is 10.8. The molecule has 0 N–H and O–H groups in total. The molecule has 0 atom stereocenters. The quantitative estimate of drug-likeness (QED) is 0.441. The lowest BCUT2D eigenvalue weighted by Gasteiger charge is -2.16. The zero-order valence-corrected chi connectivity index (χ0v) is 17.5. The molecule has 0 unspecified atom stereocenters. The van der Waals surface area contributed by atoms with E-state index in [0.29, 0.717) is 19.6 Å². The molecule has 1 heterocycles. The largest absolute Gasteiger partial charge is 0.488 e. The average Bonchev–Trinajstić information content (AvgIpc) is 2.89. The van der Waals surface area contributed by atoms with Crippen LogP contribution in [0.15, 0.2) is 54.6 Å². The summed E-state index contributed by atoms with van der Waals surface area (Å²) in [6.07, 6.45) is 5.70. The second-order valence-electron chi connectivity index (χ2n) is 7.41. The summed E-state index contributed by atoms with van der Waals surface area (Å²) in [7, 11) is 2.14. The number of nitrogens with zero attached hydrogens (tertiary/aromatic N) is 1. The highest BCUT2D eigenvalue weighted by Crippen LogP contribution is 2.36. The van der Waals surface area contributed by atoms with Crippen LogP contribution in [-0.2, 0) is 16.1 Å². The van der Waals surface area contributed by atoms with Crippen molar-refractivity contribution >= 4 is 11.5 Å². The van der Waals surface area contributed by atoms with Crippen LogP contribution in [0.2, 0.25) is 0 Å². The van der Waals surface area contributed by atoms with Crippen LogP contribution in [0.1, 0.15) is 49.3 Å². The number of hydrogen-bond donors (Lipinski definition) is 0. The maximum atomic E-state index is 11.4. The summed E-state index contributed by atoms with van der Waals surface area (Å²) < 4.78 is 11.0. The number of carbonyl (C=O) groups is 1. The lowest BCUT2D eigenvalue weighted by atomic mass is 9.93.